The number of halogens is 2. The van der Waals surface area contributed by atoms with Crippen molar-refractivity contribution in [2.75, 3.05) is 13.6 Å². The van der Waals surface area contributed by atoms with Crippen LogP contribution in [0.25, 0.3) is 0 Å². The van der Waals surface area contributed by atoms with Gasteiger partial charge in [0.2, 0.25) is 0 Å². The third kappa shape index (κ3) is 3.33. The Morgan fingerprint density at radius 1 is 1.28 bits per heavy atom. The molecule has 0 atom stereocenters. The van der Waals surface area contributed by atoms with Crippen LogP contribution in [0.3, 0.4) is 0 Å². The fourth-order valence-corrected chi connectivity index (χ4v) is 3.60. The fraction of sp³-hybridized carbons (Fsp3) is 0.600. The van der Waals surface area contributed by atoms with E-state index in [0.717, 1.165) is 13.0 Å². The first-order valence-corrected chi connectivity index (χ1v) is 7.53. The second-order valence-electron chi connectivity index (χ2n) is 5.52. The lowest BCUT2D eigenvalue weighted by Gasteiger charge is -2.37. The van der Waals surface area contributed by atoms with E-state index in [-0.39, 0.29) is 5.82 Å². The zero-order valence-electron chi connectivity index (χ0n) is 10.9. The first kappa shape index (κ1) is 14.0. The molecular formula is C15H21BrFN. The van der Waals surface area contributed by atoms with Crippen LogP contribution in [0.1, 0.15) is 37.7 Å². The summed E-state index contributed by atoms with van der Waals surface area (Å²) in [6.07, 6.45) is 7.62. The third-order valence-electron chi connectivity index (χ3n) is 4.03. The lowest BCUT2D eigenvalue weighted by Crippen LogP contribution is -2.36. The molecule has 0 aliphatic heterocycles. The Kier molecular flexibility index (Phi) is 4.79. The van der Waals surface area contributed by atoms with Gasteiger partial charge in [-0.15, -0.1) is 0 Å². The van der Waals surface area contributed by atoms with E-state index in [1.54, 1.807) is 6.07 Å². The van der Waals surface area contributed by atoms with Crippen molar-refractivity contribution in [1.82, 2.24) is 5.32 Å². The maximum atomic E-state index is 13.3. The maximum absolute atomic E-state index is 13.3. The van der Waals surface area contributed by atoms with Gasteiger partial charge in [0.25, 0.3) is 0 Å². The van der Waals surface area contributed by atoms with Gasteiger partial charge in [-0.25, -0.2) is 4.39 Å². The Morgan fingerprint density at radius 2 is 2.00 bits per heavy atom. The molecule has 1 fully saturated rings. The summed E-state index contributed by atoms with van der Waals surface area (Å²) in [6.45, 7) is 1.06. The quantitative estimate of drug-likeness (QED) is 0.874. The second-order valence-corrected chi connectivity index (χ2v) is 6.37. The van der Waals surface area contributed by atoms with Crippen LogP contribution in [-0.2, 0) is 6.42 Å². The third-order valence-corrected chi connectivity index (χ3v) is 4.64. The molecule has 0 unspecified atom stereocenters. The van der Waals surface area contributed by atoms with Gasteiger partial charge in [0.15, 0.2) is 0 Å². The van der Waals surface area contributed by atoms with Gasteiger partial charge in [0.1, 0.15) is 5.82 Å². The van der Waals surface area contributed by atoms with Crippen molar-refractivity contribution in [1.29, 1.82) is 0 Å². The van der Waals surface area contributed by atoms with E-state index >= 15 is 0 Å². The summed E-state index contributed by atoms with van der Waals surface area (Å²) in [5.41, 5.74) is 1.60. The summed E-state index contributed by atoms with van der Waals surface area (Å²) in [6, 6.07) is 5.42. The van der Waals surface area contributed by atoms with Crippen molar-refractivity contribution < 1.29 is 4.39 Å². The lowest BCUT2D eigenvalue weighted by atomic mass is 9.70. The molecule has 1 aromatic carbocycles. The summed E-state index contributed by atoms with van der Waals surface area (Å²) in [7, 11) is 2.02. The smallest absolute Gasteiger partial charge is 0.137 e. The van der Waals surface area contributed by atoms with Crippen molar-refractivity contribution in [3.8, 4) is 0 Å². The lowest BCUT2D eigenvalue weighted by molar-refractivity contribution is 0.185. The van der Waals surface area contributed by atoms with Gasteiger partial charge in [-0.3, -0.25) is 0 Å². The highest BCUT2D eigenvalue weighted by molar-refractivity contribution is 9.10. The number of nitrogens with one attached hydrogen (secondary N) is 1. The Balaban J connectivity index is 2.14. The molecule has 0 bridgehead atoms. The monoisotopic (exact) mass is 313 g/mol. The number of benzene rings is 1. The van der Waals surface area contributed by atoms with Gasteiger partial charge in [0.05, 0.1) is 4.47 Å². The van der Waals surface area contributed by atoms with Gasteiger partial charge in [0, 0.05) is 6.54 Å². The van der Waals surface area contributed by atoms with Crippen molar-refractivity contribution in [2.45, 2.75) is 38.5 Å². The number of hydrogen-bond donors (Lipinski definition) is 1. The molecule has 1 aliphatic rings. The molecule has 18 heavy (non-hydrogen) atoms. The van der Waals surface area contributed by atoms with Gasteiger partial charge >= 0.3 is 0 Å². The molecule has 1 aliphatic carbocycles. The standard InChI is InChI=1S/C15H21BrFN/c1-18-11-15(7-3-2-4-8-15)10-12-5-6-14(17)13(16)9-12/h5-6,9,18H,2-4,7-8,10-11H2,1H3. The SMILES string of the molecule is CNCC1(Cc2ccc(F)c(Br)c2)CCCCC1. The van der Waals surface area contributed by atoms with Crippen LogP contribution < -0.4 is 5.32 Å². The summed E-state index contributed by atoms with van der Waals surface area (Å²) >= 11 is 3.28. The minimum Gasteiger partial charge on any atom is -0.319 e. The topological polar surface area (TPSA) is 12.0 Å². The molecule has 0 radical (unpaired) electrons. The maximum Gasteiger partial charge on any atom is 0.137 e. The minimum atomic E-state index is -0.176. The van der Waals surface area contributed by atoms with E-state index in [2.05, 4.69) is 21.2 Å². The van der Waals surface area contributed by atoms with Crippen molar-refractivity contribution in [3.05, 3.63) is 34.1 Å². The normalized spacial score (nSPS) is 18.8. The molecule has 0 heterocycles. The molecular weight excluding hydrogens is 293 g/mol. The summed E-state index contributed by atoms with van der Waals surface area (Å²) < 4.78 is 13.8. The highest BCUT2D eigenvalue weighted by Gasteiger charge is 2.31. The van der Waals surface area contributed by atoms with Crippen LogP contribution in [0.5, 0.6) is 0 Å². The molecule has 100 valence electrons. The van der Waals surface area contributed by atoms with Crippen LogP contribution in [0.15, 0.2) is 22.7 Å². The van der Waals surface area contributed by atoms with E-state index in [1.165, 1.54) is 37.7 Å². The van der Waals surface area contributed by atoms with Gasteiger partial charge in [-0.2, -0.15) is 0 Å². The Labute approximate surface area is 117 Å². The van der Waals surface area contributed by atoms with Crippen molar-refractivity contribution in [2.24, 2.45) is 5.41 Å². The van der Waals surface area contributed by atoms with Crippen molar-refractivity contribution >= 4 is 15.9 Å². The molecule has 1 nitrogen and oxygen atoms in total. The second kappa shape index (κ2) is 6.16. The van der Waals surface area contributed by atoms with Crippen LogP contribution in [0.4, 0.5) is 4.39 Å². The minimum absolute atomic E-state index is 0.176. The fourth-order valence-electron chi connectivity index (χ4n) is 3.18. The Morgan fingerprint density at radius 3 is 2.61 bits per heavy atom. The van der Waals surface area contributed by atoms with Gasteiger partial charge in [-0.1, -0.05) is 25.3 Å². The zero-order valence-corrected chi connectivity index (χ0v) is 12.5. The predicted molar refractivity (Wildman–Crippen MR) is 77.2 cm³/mol. The molecule has 0 spiro atoms. The molecule has 2 rings (SSSR count). The zero-order chi connectivity index (χ0) is 13.0. The summed E-state index contributed by atoms with van der Waals surface area (Å²) in [4.78, 5) is 0. The first-order chi connectivity index (χ1) is 8.65. The number of hydrogen-bond acceptors (Lipinski definition) is 1. The molecule has 1 N–H and O–H groups in total. The largest absolute Gasteiger partial charge is 0.319 e. The molecule has 0 saturated heterocycles. The average Bonchev–Trinajstić information content (AvgIpc) is 2.35. The van der Waals surface area contributed by atoms with Crippen LogP contribution in [0, 0.1) is 11.2 Å². The predicted octanol–water partition coefficient (Wildman–Crippen LogP) is 4.30. The van der Waals surface area contributed by atoms with Gasteiger partial charge < -0.3 is 5.32 Å². The van der Waals surface area contributed by atoms with Gasteiger partial charge in [-0.05, 0) is 65.4 Å². The molecule has 0 amide bonds. The van der Waals surface area contributed by atoms with Crippen LogP contribution >= 0.6 is 15.9 Å². The highest BCUT2D eigenvalue weighted by atomic mass is 79.9. The van der Waals surface area contributed by atoms with E-state index in [4.69, 9.17) is 0 Å². The van der Waals surface area contributed by atoms with E-state index in [1.807, 2.05) is 19.2 Å². The number of rotatable bonds is 4. The highest BCUT2D eigenvalue weighted by Crippen LogP contribution is 2.39. The first-order valence-electron chi connectivity index (χ1n) is 6.74. The molecule has 1 aromatic rings. The van der Waals surface area contributed by atoms with Crippen LogP contribution in [-0.4, -0.2) is 13.6 Å². The Bertz CT molecular complexity index is 394. The van der Waals surface area contributed by atoms with E-state index in [0.29, 0.717) is 9.89 Å². The van der Waals surface area contributed by atoms with E-state index < -0.39 is 0 Å². The summed E-state index contributed by atoms with van der Waals surface area (Å²) in [5.74, 6) is -0.176. The summed E-state index contributed by atoms with van der Waals surface area (Å²) in [5, 5.41) is 3.34. The Hall–Kier alpha value is -0.410. The molecule has 1 saturated carbocycles. The van der Waals surface area contributed by atoms with Crippen LogP contribution in [0.2, 0.25) is 0 Å². The molecule has 0 aromatic heterocycles. The van der Waals surface area contributed by atoms with E-state index in [9.17, 15) is 4.39 Å². The average molecular weight is 314 g/mol. The molecule has 3 heteroatoms. The van der Waals surface area contributed by atoms with Crippen molar-refractivity contribution in [3.63, 3.8) is 0 Å².